The van der Waals surface area contributed by atoms with Crippen molar-refractivity contribution in [1.29, 1.82) is 0 Å². The molecule has 0 saturated heterocycles. The highest BCUT2D eigenvalue weighted by molar-refractivity contribution is 14.1. The van der Waals surface area contributed by atoms with E-state index in [1.807, 2.05) is 0 Å². The van der Waals surface area contributed by atoms with Crippen LogP contribution in [0.5, 0.6) is 0 Å². The minimum atomic E-state index is 0.0733. The van der Waals surface area contributed by atoms with Gasteiger partial charge in [0.25, 0.3) is 0 Å². The maximum atomic E-state index is 12.4. The Morgan fingerprint density at radius 1 is 1.78 bits per heavy atom. The third-order valence-electron chi connectivity index (χ3n) is 1.63. The maximum Gasteiger partial charge on any atom is 0.0960 e. The predicted molar refractivity (Wildman–Crippen MR) is 45.5 cm³/mol. The first-order valence-electron chi connectivity index (χ1n) is 3.14. The Bertz CT molecular complexity index is 138. The van der Waals surface area contributed by atoms with Crippen LogP contribution >= 0.6 is 22.6 Å². The second kappa shape index (κ2) is 2.56. The average molecular weight is 240 g/mol. The first-order valence-corrected chi connectivity index (χ1v) is 4.21. The molecule has 0 bridgehead atoms. The number of alkyl halides is 1. The van der Waals surface area contributed by atoms with E-state index in [0.29, 0.717) is 9.84 Å². The highest BCUT2D eigenvalue weighted by atomic mass is 127. The topological polar surface area (TPSA) is 0 Å². The number of hydrogen-bond acceptors (Lipinski definition) is 0. The number of halogens is 2. The monoisotopic (exact) mass is 240 g/mol. The molecule has 0 radical (unpaired) electrons. The average Bonchev–Trinajstić information content (AvgIpc) is 1.78. The van der Waals surface area contributed by atoms with E-state index in [1.165, 1.54) is 0 Å². The van der Waals surface area contributed by atoms with Gasteiger partial charge in [-0.25, -0.2) is 4.39 Å². The number of allylic oxidation sites excluding steroid dienone is 2. The molecule has 0 aromatic rings. The van der Waals surface area contributed by atoms with Gasteiger partial charge in [0.05, 0.1) is 5.83 Å². The standard InChI is InChI=1S/C7H10FI/c1-7(9)4-2-6(8)3-5-7/h2H,3-5H2,1H3/t7-/m1/s1. The van der Waals surface area contributed by atoms with Crippen LogP contribution in [-0.2, 0) is 0 Å². The van der Waals surface area contributed by atoms with E-state index in [-0.39, 0.29) is 5.83 Å². The third-order valence-corrected chi connectivity index (χ3v) is 2.61. The molecule has 2 heteroatoms. The molecule has 1 rings (SSSR count). The molecule has 0 heterocycles. The summed E-state index contributed by atoms with van der Waals surface area (Å²) in [6.45, 7) is 2.16. The Morgan fingerprint density at radius 3 is 2.78 bits per heavy atom. The molecule has 0 nitrogen and oxygen atoms in total. The summed E-state index contributed by atoms with van der Waals surface area (Å²) >= 11 is 2.39. The summed E-state index contributed by atoms with van der Waals surface area (Å²) in [5, 5.41) is 0. The molecule has 0 aromatic heterocycles. The lowest BCUT2D eigenvalue weighted by Gasteiger charge is -2.23. The van der Waals surface area contributed by atoms with Crippen molar-refractivity contribution in [2.75, 3.05) is 0 Å². The summed E-state index contributed by atoms with van der Waals surface area (Å²) < 4.78 is 12.7. The molecule has 52 valence electrons. The lowest BCUT2D eigenvalue weighted by molar-refractivity contribution is 0.494. The summed E-state index contributed by atoms with van der Waals surface area (Å²) in [4.78, 5) is 0. The number of hydrogen-bond donors (Lipinski definition) is 0. The molecular weight excluding hydrogens is 230 g/mol. The molecule has 0 aromatic carbocycles. The minimum Gasteiger partial charge on any atom is -0.212 e. The fraction of sp³-hybridized carbons (Fsp3) is 0.714. The van der Waals surface area contributed by atoms with Gasteiger partial charge >= 0.3 is 0 Å². The van der Waals surface area contributed by atoms with E-state index in [1.54, 1.807) is 6.08 Å². The van der Waals surface area contributed by atoms with Crippen molar-refractivity contribution >= 4 is 22.6 Å². The van der Waals surface area contributed by atoms with E-state index in [9.17, 15) is 4.39 Å². The van der Waals surface area contributed by atoms with Crippen LogP contribution in [0.15, 0.2) is 11.9 Å². The van der Waals surface area contributed by atoms with Crippen LogP contribution in [0.2, 0.25) is 0 Å². The zero-order valence-electron chi connectivity index (χ0n) is 5.45. The summed E-state index contributed by atoms with van der Waals surface area (Å²) in [5.41, 5.74) is 0. The van der Waals surface area contributed by atoms with Crippen LogP contribution in [0.25, 0.3) is 0 Å². The van der Waals surface area contributed by atoms with Crippen LogP contribution in [0.4, 0.5) is 4.39 Å². The normalized spacial score (nSPS) is 36.1. The highest BCUT2D eigenvalue weighted by Crippen LogP contribution is 2.34. The minimum absolute atomic E-state index is 0.0733. The Balaban J connectivity index is 2.56. The second-order valence-electron chi connectivity index (χ2n) is 2.77. The Hall–Kier alpha value is 0.400. The third kappa shape index (κ3) is 2.24. The summed E-state index contributed by atoms with van der Waals surface area (Å²) in [5.74, 6) is 0.0733. The van der Waals surface area contributed by atoms with Gasteiger partial charge in [-0.15, -0.1) is 0 Å². The molecule has 9 heavy (non-hydrogen) atoms. The molecule has 0 spiro atoms. The van der Waals surface area contributed by atoms with E-state index < -0.39 is 0 Å². The maximum absolute atomic E-state index is 12.4. The van der Waals surface area contributed by atoms with Crippen molar-refractivity contribution in [2.24, 2.45) is 0 Å². The van der Waals surface area contributed by atoms with Gasteiger partial charge in [-0.1, -0.05) is 35.6 Å². The summed E-state index contributed by atoms with van der Waals surface area (Å²) in [6.07, 6.45) is 4.21. The van der Waals surface area contributed by atoms with Crippen LogP contribution in [0, 0.1) is 0 Å². The van der Waals surface area contributed by atoms with Crippen molar-refractivity contribution in [3.63, 3.8) is 0 Å². The lowest BCUT2D eigenvalue weighted by Crippen LogP contribution is -2.16. The molecule has 0 unspecified atom stereocenters. The van der Waals surface area contributed by atoms with Crippen molar-refractivity contribution in [1.82, 2.24) is 0 Å². The second-order valence-corrected chi connectivity index (χ2v) is 5.37. The molecule has 1 aliphatic rings. The van der Waals surface area contributed by atoms with Gasteiger partial charge in [0.2, 0.25) is 0 Å². The van der Waals surface area contributed by atoms with Crippen LogP contribution in [0.1, 0.15) is 26.2 Å². The van der Waals surface area contributed by atoms with Gasteiger partial charge in [0.1, 0.15) is 0 Å². The quantitative estimate of drug-likeness (QED) is 0.450. The van der Waals surface area contributed by atoms with Crippen LogP contribution < -0.4 is 0 Å². The largest absolute Gasteiger partial charge is 0.212 e. The van der Waals surface area contributed by atoms with Crippen LogP contribution in [-0.4, -0.2) is 3.42 Å². The van der Waals surface area contributed by atoms with Crippen molar-refractivity contribution in [3.8, 4) is 0 Å². The number of rotatable bonds is 0. The Labute approximate surface area is 68.7 Å². The SMILES string of the molecule is C[C@@]1(I)CC=C(F)CC1. The van der Waals surface area contributed by atoms with Gasteiger partial charge in [0, 0.05) is 9.84 Å². The van der Waals surface area contributed by atoms with E-state index in [2.05, 4.69) is 29.5 Å². The summed E-state index contributed by atoms with van der Waals surface area (Å²) in [6, 6.07) is 0. The van der Waals surface area contributed by atoms with Gasteiger partial charge in [-0.2, -0.15) is 0 Å². The fourth-order valence-electron chi connectivity index (χ4n) is 0.908. The van der Waals surface area contributed by atoms with E-state index in [0.717, 1.165) is 12.8 Å². The highest BCUT2D eigenvalue weighted by Gasteiger charge is 2.22. The molecule has 1 atom stereocenters. The first kappa shape index (κ1) is 7.51. The van der Waals surface area contributed by atoms with Crippen molar-refractivity contribution < 1.29 is 4.39 Å². The van der Waals surface area contributed by atoms with Gasteiger partial charge in [-0.05, 0) is 12.8 Å². The molecule has 0 N–H and O–H groups in total. The van der Waals surface area contributed by atoms with Gasteiger partial charge in [-0.3, -0.25) is 0 Å². The zero-order valence-corrected chi connectivity index (χ0v) is 7.61. The zero-order chi connectivity index (χ0) is 6.91. The smallest absolute Gasteiger partial charge is 0.0960 e. The Kier molecular flexibility index (Phi) is 2.14. The molecule has 0 saturated carbocycles. The van der Waals surface area contributed by atoms with E-state index >= 15 is 0 Å². The molecule has 0 amide bonds. The van der Waals surface area contributed by atoms with Gasteiger partial charge < -0.3 is 0 Å². The van der Waals surface area contributed by atoms with Crippen molar-refractivity contribution in [2.45, 2.75) is 29.6 Å². The first-order chi connectivity index (χ1) is 4.10. The van der Waals surface area contributed by atoms with Crippen molar-refractivity contribution in [3.05, 3.63) is 11.9 Å². The molecular formula is C7H10FI. The lowest BCUT2D eigenvalue weighted by atomic mass is 9.96. The predicted octanol–water partition coefficient (Wildman–Crippen LogP) is 3.22. The fourth-order valence-corrected chi connectivity index (χ4v) is 1.40. The van der Waals surface area contributed by atoms with Gasteiger partial charge in [0.15, 0.2) is 0 Å². The van der Waals surface area contributed by atoms with Crippen LogP contribution in [0.3, 0.4) is 0 Å². The molecule has 0 aliphatic heterocycles. The van der Waals surface area contributed by atoms with E-state index in [4.69, 9.17) is 0 Å². The molecule has 0 fully saturated rings. The Morgan fingerprint density at radius 2 is 2.44 bits per heavy atom. The molecule has 1 aliphatic carbocycles. The summed E-state index contributed by atoms with van der Waals surface area (Å²) in [7, 11) is 0.